The van der Waals surface area contributed by atoms with Gasteiger partial charge in [-0.2, -0.15) is 13.2 Å². The Bertz CT molecular complexity index is 1210. The molecule has 4 N–H and O–H groups in total. The van der Waals surface area contributed by atoms with Crippen molar-refractivity contribution in [1.82, 2.24) is 15.1 Å². The van der Waals surface area contributed by atoms with Gasteiger partial charge in [0.05, 0.1) is 6.61 Å². The summed E-state index contributed by atoms with van der Waals surface area (Å²) in [4.78, 5) is 30.1. The number of guanidine groups is 1. The van der Waals surface area contributed by atoms with Crippen LogP contribution in [0.5, 0.6) is 5.75 Å². The minimum absolute atomic E-state index is 0.137. The van der Waals surface area contributed by atoms with Crippen LogP contribution in [0.2, 0.25) is 0 Å². The van der Waals surface area contributed by atoms with Gasteiger partial charge in [-0.1, -0.05) is 56.7 Å². The quantitative estimate of drug-likeness (QED) is 0.117. The fraction of sp³-hybridized carbons (Fsp3) is 0.545. The zero-order chi connectivity index (χ0) is 34.5. The molecule has 0 heterocycles. The van der Waals surface area contributed by atoms with Crippen LogP contribution >= 0.6 is 0 Å². The Hall–Kier alpha value is -3.68. The number of carboxylic acids is 1. The summed E-state index contributed by atoms with van der Waals surface area (Å²) in [5, 5.41) is 9.81. The van der Waals surface area contributed by atoms with E-state index in [1.165, 1.54) is 5.56 Å². The molecule has 0 aliphatic rings. The Morgan fingerprint density at radius 2 is 1.65 bits per heavy atom. The molecule has 13 heteroatoms. The van der Waals surface area contributed by atoms with Crippen molar-refractivity contribution < 1.29 is 37.3 Å². The van der Waals surface area contributed by atoms with E-state index < -0.39 is 12.1 Å². The van der Waals surface area contributed by atoms with Crippen LogP contribution in [0.3, 0.4) is 0 Å². The van der Waals surface area contributed by atoms with Crippen LogP contribution in [0.1, 0.15) is 50.7 Å². The van der Waals surface area contributed by atoms with Gasteiger partial charge in [-0.3, -0.25) is 20.0 Å². The largest absolute Gasteiger partial charge is 0.493 e. The van der Waals surface area contributed by atoms with E-state index in [2.05, 4.69) is 84.5 Å². The number of aliphatic carboxylic acids is 1. The van der Waals surface area contributed by atoms with Gasteiger partial charge in [-0.15, -0.1) is 0 Å². The first-order valence-corrected chi connectivity index (χ1v) is 15.4. The number of carbonyl (C=O) groups is 2. The lowest BCUT2D eigenvalue weighted by Gasteiger charge is -2.22. The molecule has 0 aliphatic carbocycles. The highest BCUT2D eigenvalue weighted by Gasteiger charge is 2.38. The highest BCUT2D eigenvalue weighted by molar-refractivity contribution is 5.96. The minimum atomic E-state index is -5.08. The molecular weight excluding hydrogens is 603 g/mol. The van der Waals surface area contributed by atoms with Gasteiger partial charge < -0.3 is 25.2 Å². The Labute approximate surface area is 270 Å². The molecule has 0 unspecified atom stereocenters. The molecule has 2 rings (SSSR count). The molecular formula is C33H50F3N5O5. The molecule has 1 amide bonds. The van der Waals surface area contributed by atoms with Crippen molar-refractivity contribution >= 4 is 17.8 Å². The molecule has 2 aromatic rings. The van der Waals surface area contributed by atoms with E-state index in [1.54, 1.807) is 7.11 Å². The average Bonchev–Trinajstić information content (AvgIpc) is 3.00. The standard InChI is InChI=1S/C31H49N5O3.C2HF3O2/c1-6-8-18-33-31(32)34-30(37)17-13-25-12-16-28(29(23-25)39-22-9-21-38-5)27-14-10-26(11-15-27)24-36(7-2)20-19-35(3)4;3-2(4,5)1(6)7/h10-12,14-16,23H,6-9,13,17-22,24H2,1-5H3,(H3,32,33,34,37);(H,6,7). The molecule has 0 bridgehead atoms. The van der Waals surface area contributed by atoms with Crippen molar-refractivity contribution in [2.75, 3.05) is 60.6 Å². The van der Waals surface area contributed by atoms with Gasteiger partial charge in [0.25, 0.3) is 0 Å². The number of hydrogen-bond acceptors (Lipinski definition) is 7. The third-order valence-electron chi connectivity index (χ3n) is 6.72. The fourth-order valence-corrected chi connectivity index (χ4v) is 4.06. The number of alkyl halides is 3. The first-order valence-electron chi connectivity index (χ1n) is 15.4. The third-order valence-corrected chi connectivity index (χ3v) is 6.72. The van der Waals surface area contributed by atoms with Crippen LogP contribution in [0.4, 0.5) is 13.2 Å². The van der Waals surface area contributed by atoms with Gasteiger partial charge in [0.1, 0.15) is 5.75 Å². The molecule has 0 radical (unpaired) electrons. The summed E-state index contributed by atoms with van der Waals surface area (Å²) < 4.78 is 43.1. The number of methoxy groups -OCH3 is 1. The zero-order valence-corrected chi connectivity index (χ0v) is 27.7. The van der Waals surface area contributed by atoms with Crippen LogP contribution < -0.4 is 15.8 Å². The number of hydrogen-bond donors (Lipinski definition) is 3. The average molecular weight is 654 g/mol. The van der Waals surface area contributed by atoms with Gasteiger partial charge in [0, 0.05) is 58.3 Å². The molecule has 0 atom stereocenters. The number of carboxylic acid groups (broad SMARTS) is 1. The number of unbranched alkanes of at least 4 members (excludes halogenated alkanes) is 1. The number of nitrogens with zero attached hydrogens (tertiary/aromatic N) is 3. The number of rotatable bonds is 18. The number of halogens is 3. The topological polar surface area (TPSA) is 130 Å². The normalized spacial score (nSPS) is 11.7. The lowest BCUT2D eigenvalue weighted by atomic mass is 9.99. The summed E-state index contributed by atoms with van der Waals surface area (Å²) in [6, 6.07) is 14.9. The van der Waals surface area contributed by atoms with Crippen LogP contribution in [-0.2, 0) is 27.3 Å². The highest BCUT2D eigenvalue weighted by Crippen LogP contribution is 2.32. The molecule has 46 heavy (non-hydrogen) atoms. The molecule has 0 saturated carbocycles. The maximum Gasteiger partial charge on any atom is 0.490 e. The van der Waals surface area contributed by atoms with E-state index in [-0.39, 0.29) is 11.9 Å². The Morgan fingerprint density at radius 1 is 1.00 bits per heavy atom. The highest BCUT2D eigenvalue weighted by atomic mass is 19.4. The molecule has 10 nitrogen and oxygen atoms in total. The van der Waals surface area contributed by atoms with E-state index in [0.717, 1.165) is 67.9 Å². The van der Waals surface area contributed by atoms with Gasteiger partial charge in [-0.25, -0.2) is 4.79 Å². The Kier molecular flexibility index (Phi) is 19.3. The second-order valence-electron chi connectivity index (χ2n) is 10.9. The van der Waals surface area contributed by atoms with Gasteiger partial charge in [0.15, 0.2) is 5.96 Å². The lowest BCUT2D eigenvalue weighted by molar-refractivity contribution is -0.192. The maximum atomic E-state index is 12.4. The smallest absolute Gasteiger partial charge is 0.490 e. The molecule has 0 saturated heterocycles. The number of benzene rings is 2. The minimum Gasteiger partial charge on any atom is -0.493 e. The predicted octanol–water partition coefficient (Wildman–Crippen LogP) is 4.95. The van der Waals surface area contributed by atoms with Gasteiger partial charge in [0.2, 0.25) is 5.91 Å². The van der Waals surface area contributed by atoms with E-state index in [0.29, 0.717) is 32.6 Å². The summed E-state index contributed by atoms with van der Waals surface area (Å²) in [6.07, 6.45) is -1.38. The number of nitrogens with two attached hydrogens (primary N) is 1. The second-order valence-corrected chi connectivity index (χ2v) is 10.9. The molecule has 2 aromatic carbocycles. The first kappa shape index (κ1) is 40.3. The van der Waals surface area contributed by atoms with Crippen LogP contribution in [-0.4, -0.2) is 99.5 Å². The summed E-state index contributed by atoms with van der Waals surface area (Å²) in [6.45, 7) is 10.2. The van der Waals surface area contributed by atoms with Crippen molar-refractivity contribution in [2.24, 2.45) is 10.7 Å². The Morgan fingerprint density at radius 3 is 2.22 bits per heavy atom. The van der Waals surface area contributed by atoms with Crippen molar-refractivity contribution in [3.8, 4) is 16.9 Å². The maximum absolute atomic E-state index is 12.4. The number of likely N-dealkylation sites (N-methyl/N-ethyl adjacent to an activating group) is 2. The number of carbonyl (C=O) groups excluding carboxylic acids is 1. The van der Waals surface area contributed by atoms with Gasteiger partial charge in [-0.05, 0) is 56.2 Å². The van der Waals surface area contributed by atoms with Crippen molar-refractivity contribution in [3.05, 3.63) is 53.6 Å². The van der Waals surface area contributed by atoms with E-state index >= 15 is 0 Å². The third kappa shape index (κ3) is 17.1. The van der Waals surface area contributed by atoms with Gasteiger partial charge >= 0.3 is 12.1 Å². The summed E-state index contributed by atoms with van der Waals surface area (Å²) in [7, 11) is 5.91. The molecule has 0 aliphatic heterocycles. The van der Waals surface area contributed by atoms with E-state index in [9.17, 15) is 18.0 Å². The SMILES string of the molecule is CCCCN=C(N)NC(=O)CCc1ccc(-c2ccc(CN(CC)CCN(C)C)cc2)c(OCCCOC)c1.O=C(O)C(F)(F)F. The first-order chi connectivity index (χ1) is 21.8. The molecule has 258 valence electrons. The number of aliphatic imine (C=N–C) groups is 1. The van der Waals surface area contributed by atoms with Crippen molar-refractivity contribution in [2.45, 2.75) is 58.7 Å². The van der Waals surface area contributed by atoms with Crippen LogP contribution in [0.25, 0.3) is 11.1 Å². The zero-order valence-electron chi connectivity index (χ0n) is 27.7. The molecule has 0 fully saturated rings. The lowest BCUT2D eigenvalue weighted by Crippen LogP contribution is -2.37. The van der Waals surface area contributed by atoms with Crippen LogP contribution in [0, 0.1) is 0 Å². The van der Waals surface area contributed by atoms with E-state index in [1.807, 2.05) is 6.07 Å². The number of nitrogens with one attached hydrogen (secondary N) is 1. The second kappa shape index (κ2) is 22.0. The summed E-state index contributed by atoms with van der Waals surface area (Å²) >= 11 is 0. The predicted molar refractivity (Wildman–Crippen MR) is 175 cm³/mol. The number of ether oxygens (including phenoxy) is 2. The summed E-state index contributed by atoms with van der Waals surface area (Å²) in [5.74, 6) is -1.89. The fourth-order valence-electron chi connectivity index (χ4n) is 4.06. The number of amides is 1. The van der Waals surface area contributed by atoms with Crippen molar-refractivity contribution in [1.29, 1.82) is 0 Å². The summed E-state index contributed by atoms with van der Waals surface area (Å²) in [5.41, 5.74) is 10.3. The molecule has 0 aromatic heterocycles. The molecule has 0 spiro atoms. The van der Waals surface area contributed by atoms with Crippen LogP contribution in [0.15, 0.2) is 47.5 Å². The van der Waals surface area contributed by atoms with Crippen molar-refractivity contribution in [3.63, 3.8) is 0 Å². The Balaban J connectivity index is 0.00000135. The monoisotopic (exact) mass is 653 g/mol. The van der Waals surface area contributed by atoms with E-state index in [4.69, 9.17) is 25.1 Å². The number of aryl methyl sites for hydroxylation is 1.